The molecule has 31 heavy (non-hydrogen) atoms. The summed E-state index contributed by atoms with van der Waals surface area (Å²) >= 11 is 0. The summed E-state index contributed by atoms with van der Waals surface area (Å²) in [5.74, 6) is -2.69. The van der Waals surface area contributed by atoms with Crippen molar-refractivity contribution in [3.63, 3.8) is 0 Å². The summed E-state index contributed by atoms with van der Waals surface area (Å²) in [6, 6.07) is 9.68. The third kappa shape index (κ3) is 5.06. The zero-order chi connectivity index (χ0) is 22.6. The number of alkyl halides is 3. The third-order valence-corrected chi connectivity index (χ3v) is 4.15. The van der Waals surface area contributed by atoms with Crippen LogP contribution < -0.4 is 14.9 Å². The molecule has 0 N–H and O–H groups in total. The lowest BCUT2D eigenvalue weighted by Crippen LogP contribution is -2.16. The van der Waals surface area contributed by atoms with Crippen LogP contribution in [0.2, 0.25) is 0 Å². The maximum absolute atomic E-state index is 13.6. The maximum atomic E-state index is 13.6. The van der Waals surface area contributed by atoms with Crippen molar-refractivity contribution in [2.45, 2.75) is 19.5 Å². The molecule has 2 aromatic carbocycles. The van der Waals surface area contributed by atoms with E-state index >= 15 is 0 Å². The zero-order valence-electron chi connectivity index (χ0n) is 16.3. The minimum absolute atomic E-state index is 0.0549. The highest BCUT2D eigenvalue weighted by atomic mass is 19.4. The van der Waals surface area contributed by atoms with Crippen LogP contribution in [-0.2, 0) is 17.3 Å². The number of hydrogen-bond acceptors (Lipinski definition) is 6. The van der Waals surface area contributed by atoms with E-state index in [1.165, 1.54) is 30.3 Å². The number of carbonyl (C=O) groups is 1. The topological polar surface area (TPSA) is 75.0 Å². The fraction of sp³-hybridized carbons (Fsp3) is 0.182. The smallest absolute Gasteiger partial charge is 0.449 e. The molecule has 0 bridgehead atoms. The quantitative estimate of drug-likeness (QED) is 0.275. The Hall–Kier alpha value is -3.75. The molecule has 3 rings (SSSR count). The largest absolute Gasteiger partial charge is 0.514 e. The molecule has 3 aromatic rings. The van der Waals surface area contributed by atoms with Crippen molar-refractivity contribution in [3.05, 3.63) is 76.7 Å². The van der Waals surface area contributed by atoms with Crippen LogP contribution in [0.25, 0.3) is 11.0 Å². The van der Waals surface area contributed by atoms with Crippen molar-refractivity contribution in [1.29, 1.82) is 0 Å². The first kappa shape index (κ1) is 21.9. The zero-order valence-corrected chi connectivity index (χ0v) is 16.3. The second-order valence-electron chi connectivity index (χ2n) is 6.30. The third-order valence-electron chi connectivity index (χ3n) is 4.15. The summed E-state index contributed by atoms with van der Waals surface area (Å²) in [6.45, 7) is 5.18. The lowest BCUT2D eigenvalue weighted by Gasteiger charge is -2.14. The Morgan fingerprint density at radius 2 is 1.81 bits per heavy atom. The molecular formula is C22H17F3O6. The molecule has 0 aliphatic carbocycles. The molecule has 162 valence electrons. The Morgan fingerprint density at radius 3 is 2.42 bits per heavy atom. The van der Waals surface area contributed by atoms with Gasteiger partial charge in [-0.2, -0.15) is 13.2 Å². The van der Waals surface area contributed by atoms with E-state index in [4.69, 9.17) is 13.9 Å². The fourth-order valence-corrected chi connectivity index (χ4v) is 2.66. The average molecular weight is 434 g/mol. The van der Waals surface area contributed by atoms with Gasteiger partial charge in [-0.3, -0.25) is 4.79 Å². The van der Waals surface area contributed by atoms with Crippen molar-refractivity contribution in [1.82, 2.24) is 0 Å². The van der Waals surface area contributed by atoms with Gasteiger partial charge in [0.25, 0.3) is 5.76 Å². The minimum atomic E-state index is -5.01. The highest BCUT2D eigenvalue weighted by Gasteiger charge is 2.40. The number of ether oxygens (including phenoxy) is 3. The summed E-state index contributed by atoms with van der Waals surface area (Å²) in [7, 11) is 0. The number of aryl methyl sites for hydroxylation is 1. The van der Waals surface area contributed by atoms with Crippen LogP contribution in [-0.4, -0.2) is 12.8 Å². The molecule has 0 amide bonds. The molecule has 0 saturated heterocycles. The molecule has 0 aliphatic rings. The van der Waals surface area contributed by atoms with E-state index in [0.717, 1.165) is 18.1 Å². The highest BCUT2D eigenvalue weighted by molar-refractivity contribution is 5.80. The predicted octanol–water partition coefficient (Wildman–Crippen LogP) is 5.87. The van der Waals surface area contributed by atoms with E-state index in [0.29, 0.717) is 0 Å². The van der Waals surface area contributed by atoms with Crippen molar-refractivity contribution in [3.8, 4) is 17.2 Å². The second kappa shape index (κ2) is 8.95. The summed E-state index contributed by atoms with van der Waals surface area (Å²) in [5, 5.41) is -0.181. The number of rotatable bonds is 6. The van der Waals surface area contributed by atoms with Crippen LogP contribution in [0.5, 0.6) is 17.2 Å². The maximum Gasteiger partial charge on any atom is 0.514 e. The minimum Gasteiger partial charge on any atom is -0.449 e. The fourth-order valence-electron chi connectivity index (χ4n) is 2.66. The number of hydrogen-bond donors (Lipinski definition) is 0. The van der Waals surface area contributed by atoms with Gasteiger partial charge in [-0.15, -0.1) is 0 Å². The van der Waals surface area contributed by atoms with Crippen LogP contribution in [0.3, 0.4) is 0 Å². The lowest BCUT2D eigenvalue weighted by atomic mass is 10.1. The molecule has 0 unspecified atom stereocenters. The molecule has 9 heteroatoms. The van der Waals surface area contributed by atoms with Gasteiger partial charge in [0.15, 0.2) is 0 Å². The van der Waals surface area contributed by atoms with Gasteiger partial charge in [0.05, 0.1) is 5.39 Å². The van der Waals surface area contributed by atoms with Gasteiger partial charge in [0.2, 0.25) is 11.2 Å². The molecule has 1 aromatic heterocycles. The van der Waals surface area contributed by atoms with Gasteiger partial charge in [0, 0.05) is 6.07 Å². The summed E-state index contributed by atoms with van der Waals surface area (Å²) in [4.78, 5) is 24.3. The Morgan fingerprint density at radius 1 is 1.13 bits per heavy atom. The first-order valence-electron chi connectivity index (χ1n) is 9.13. The predicted molar refractivity (Wildman–Crippen MR) is 106 cm³/mol. The monoisotopic (exact) mass is 434 g/mol. The van der Waals surface area contributed by atoms with Crippen molar-refractivity contribution < 1.29 is 36.6 Å². The van der Waals surface area contributed by atoms with Crippen LogP contribution in [0, 0.1) is 0 Å². The summed E-state index contributed by atoms with van der Waals surface area (Å²) in [5.41, 5.74) is -0.498. The number of benzene rings is 2. The lowest BCUT2D eigenvalue weighted by molar-refractivity contribution is -0.154. The molecule has 0 aliphatic heterocycles. The Kier molecular flexibility index (Phi) is 6.33. The molecule has 0 saturated carbocycles. The first-order valence-corrected chi connectivity index (χ1v) is 9.13. The SMILES string of the molecule is C=CCOC(=O)Oc1ccc2c(=O)c(Oc3ccc(CC)cc3)c(C(F)(F)F)oc2c1. The average Bonchev–Trinajstić information content (AvgIpc) is 2.73. The van der Waals surface area contributed by atoms with Gasteiger partial charge >= 0.3 is 12.3 Å². The van der Waals surface area contributed by atoms with Gasteiger partial charge in [-0.25, -0.2) is 4.79 Å². The van der Waals surface area contributed by atoms with Gasteiger partial charge in [-0.1, -0.05) is 31.7 Å². The van der Waals surface area contributed by atoms with Crippen molar-refractivity contribution in [2.24, 2.45) is 0 Å². The summed E-state index contributed by atoms with van der Waals surface area (Å²) in [6.07, 6.45) is -4.05. The van der Waals surface area contributed by atoms with Crippen LogP contribution in [0.15, 0.2) is 64.3 Å². The molecule has 0 atom stereocenters. The van der Waals surface area contributed by atoms with Gasteiger partial charge < -0.3 is 18.6 Å². The van der Waals surface area contributed by atoms with E-state index in [-0.39, 0.29) is 23.5 Å². The number of carbonyl (C=O) groups excluding carboxylic acids is 1. The van der Waals surface area contributed by atoms with Crippen molar-refractivity contribution in [2.75, 3.05) is 6.61 Å². The molecule has 6 nitrogen and oxygen atoms in total. The molecule has 1 heterocycles. The molecule has 0 spiro atoms. The van der Waals surface area contributed by atoms with E-state index in [1.54, 1.807) is 12.1 Å². The van der Waals surface area contributed by atoms with Crippen LogP contribution in [0.4, 0.5) is 18.0 Å². The standard InChI is InChI=1S/C22H17F3O6/c1-3-11-28-21(27)30-15-9-10-16-17(12-15)31-20(22(23,24)25)19(18(16)26)29-14-7-5-13(4-2)6-8-14/h3,5-10,12H,1,4,11H2,2H3. The van der Waals surface area contributed by atoms with E-state index in [1.807, 2.05) is 6.92 Å². The van der Waals surface area contributed by atoms with E-state index < -0.39 is 34.9 Å². The van der Waals surface area contributed by atoms with E-state index in [9.17, 15) is 22.8 Å². The molecule has 0 radical (unpaired) electrons. The molecular weight excluding hydrogens is 417 g/mol. The summed E-state index contributed by atoms with van der Waals surface area (Å²) < 4.78 is 60.5. The van der Waals surface area contributed by atoms with E-state index in [2.05, 4.69) is 11.3 Å². The van der Waals surface area contributed by atoms with Crippen LogP contribution in [0.1, 0.15) is 18.2 Å². The number of halogens is 3. The van der Waals surface area contributed by atoms with Crippen LogP contribution >= 0.6 is 0 Å². The Labute approximate surface area is 174 Å². The first-order chi connectivity index (χ1) is 14.7. The Balaban J connectivity index is 2.04. The van der Waals surface area contributed by atoms with Crippen molar-refractivity contribution >= 4 is 17.1 Å². The van der Waals surface area contributed by atoms with Gasteiger partial charge in [0.1, 0.15) is 23.7 Å². The molecule has 0 fully saturated rings. The highest BCUT2D eigenvalue weighted by Crippen LogP contribution is 2.38. The number of fused-ring (bicyclic) bond motifs is 1. The second-order valence-corrected chi connectivity index (χ2v) is 6.30. The Bertz CT molecular complexity index is 1160. The van der Waals surface area contributed by atoms with Gasteiger partial charge in [-0.05, 0) is 36.2 Å². The normalized spacial score (nSPS) is 11.2.